The standard InChI is InChI=1S/C31H25N3O5/c1-37-23-14-8-13-21(18-23)31(36)39-25-16-7-6-12-22(25)19-32-34-30(35)29-27(20-10-4-3-5-11-20)24-15-9-17-26(38-2)28(24)33-29/h3-19,33H,1-2H3,(H,34,35). The fraction of sp³-hybridized carbons (Fsp3) is 0.0645. The molecule has 0 saturated carbocycles. The lowest BCUT2D eigenvalue weighted by Gasteiger charge is -2.08. The summed E-state index contributed by atoms with van der Waals surface area (Å²) in [5.41, 5.74) is 6.11. The third kappa shape index (κ3) is 5.35. The fourth-order valence-corrected chi connectivity index (χ4v) is 4.24. The monoisotopic (exact) mass is 519 g/mol. The van der Waals surface area contributed by atoms with Gasteiger partial charge in [0, 0.05) is 16.5 Å². The van der Waals surface area contributed by atoms with Gasteiger partial charge in [0.2, 0.25) is 0 Å². The molecule has 0 atom stereocenters. The van der Waals surface area contributed by atoms with Crippen molar-refractivity contribution in [3.63, 3.8) is 0 Å². The number of H-pyrrole nitrogens is 1. The molecule has 1 amide bonds. The van der Waals surface area contributed by atoms with Gasteiger partial charge in [-0.3, -0.25) is 4.79 Å². The summed E-state index contributed by atoms with van der Waals surface area (Å²) >= 11 is 0. The maximum Gasteiger partial charge on any atom is 0.343 e. The molecule has 0 saturated heterocycles. The number of benzene rings is 4. The van der Waals surface area contributed by atoms with Crippen LogP contribution in [0.3, 0.4) is 0 Å². The minimum absolute atomic E-state index is 0.295. The summed E-state index contributed by atoms with van der Waals surface area (Å²) < 4.78 is 16.3. The number of nitrogens with one attached hydrogen (secondary N) is 2. The van der Waals surface area contributed by atoms with Gasteiger partial charge in [-0.25, -0.2) is 10.2 Å². The molecule has 1 aromatic heterocycles. The molecule has 39 heavy (non-hydrogen) atoms. The van der Waals surface area contributed by atoms with Crippen molar-refractivity contribution in [1.82, 2.24) is 10.4 Å². The van der Waals surface area contributed by atoms with E-state index in [4.69, 9.17) is 14.2 Å². The summed E-state index contributed by atoms with van der Waals surface area (Å²) in [6.07, 6.45) is 1.43. The molecule has 0 spiro atoms. The van der Waals surface area contributed by atoms with Crippen LogP contribution in [0.15, 0.2) is 102 Å². The molecule has 0 fully saturated rings. The van der Waals surface area contributed by atoms with Crippen LogP contribution in [0, 0.1) is 0 Å². The fourth-order valence-electron chi connectivity index (χ4n) is 4.24. The van der Waals surface area contributed by atoms with E-state index in [0.717, 1.165) is 16.5 Å². The van der Waals surface area contributed by atoms with E-state index in [2.05, 4.69) is 15.5 Å². The summed E-state index contributed by atoms with van der Waals surface area (Å²) in [6, 6.07) is 28.9. The summed E-state index contributed by atoms with van der Waals surface area (Å²) in [7, 11) is 3.11. The quantitative estimate of drug-likeness (QED) is 0.116. The lowest BCUT2D eigenvalue weighted by atomic mass is 10.0. The number of aromatic amines is 1. The number of hydrogen-bond donors (Lipinski definition) is 2. The zero-order valence-corrected chi connectivity index (χ0v) is 21.3. The molecular weight excluding hydrogens is 494 g/mol. The number of ether oxygens (including phenoxy) is 3. The van der Waals surface area contributed by atoms with Crippen LogP contribution in [0.2, 0.25) is 0 Å². The van der Waals surface area contributed by atoms with Crippen molar-refractivity contribution < 1.29 is 23.8 Å². The van der Waals surface area contributed by atoms with E-state index < -0.39 is 11.9 Å². The number of carbonyl (C=O) groups is 2. The number of amides is 1. The van der Waals surface area contributed by atoms with Gasteiger partial charge in [-0.15, -0.1) is 0 Å². The minimum Gasteiger partial charge on any atom is -0.497 e. The van der Waals surface area contributed by atoms with Crippen LogP contribution in [0.1, 0.15) is 26.4 Å². The van der Waals surface area contributed by atoms with Crippen molar-refractivity contribution in [1.29, 1.82) is 0 Å². The lowest BCUT2D eigenvalue weighted by Crippen LogP contribution is -2.19. The molecule has 8 nitrogen and oxygen atoms in total. The van der Waals surface area contributed by atoms with Gasteiger partial charge >= 0.3 is 5.97 Å². The van der Waals surface area contributed by atoms with Crippen LogP contribution in [0.25, 0.3) is 22.0 Å². The molecule has 8 heteroatoms. The van der Waals surface area contributed by atoms with Crippen molar-refractivity contribution >= 4 is 29.0 Å². The van der Waals surface area contributed by atoms with Gasteiger partial charge in [0.05, 0.1) is 31.5 Å². The summed E-state index contributed by atoms with van der Waals surface area (Å²) in [4.78, 5) is 29.2. The van der Waals surface area contributed by atoms with Crippen LogP contribution in [0.4, 0.5) is 0 Å². The number of esters is 1. The smallest absolute Gasteiger partial charge is 0.343 e. The highest BCUT2D eigenvalue weighted by Gasteiger charge is 2.21. The van der Waals surface area contributed by atoms with E-state index in [0.29, 0.717) is 39.6 Å². The van der Waals surface area contributed by atoms with Crippen molar-refractivity contribution in [3.8, 4) is 28.4 Å². The molecule has 194 valence electrons. The largest absolute Gasteiger partial charge is 0.497 e. The molecule has 5 aromatic rings. The van der Waals surface area contributed by atoms with Crippen LogP contribution in [0.5, 0.6) is 17.2 Å². The van der Waals surface area contributed by atoms with Gasteiger partial charge in [-0.2, -0.15) is 5.10 Å². The predicted molar refractivity (Wildman–Crippen MR) is 150 cm³/mol. The highest BCUT2D eigenvalue weighted by Crippen LogP contribution is 2.36. The number of aromatic nitrogens is 1. The van der Waals surface area contributed by atoms with Crippen LogP contribution < -0.4 is 19.6 Å². The van der Waals surface area contributed by atoms with E-state index in [1.165, 1.54) is 13.3 Å². The predicted octanol–water partition coefficient (Wildman–Crippen LogP) is 5.84. The first kappa shape index (κ1) is 25.3. The summed E-state index contributed by atoms with van der Waals surface area (Å²) in [6.45, 7) is 0. The van der Waals surface area contributed by atoms with E-state index >= 15 is 0 Å². The van der Waals surface area contributed by atoms with Crippen LogP contribution >= 0.6 is 0 Å². The number of carbonyl (C=O) groups excluding carboxylic acids is 2. The first-order chi connectivity index (χ1) is 19.1. The summed E-state index contributed by atoms with van der Waals surface area (Å²) in [5, 5.41) is 5.00. The van der Waals surface area contributed by atoms with Gasteiger partial charge in [-0.1, -0.05) is 60.7 Å². The number of hydrazone groups is 1. The Morgan fingerprint density at radius 2 is 1.56 bits per heavy atom. The van der Waals surface area contributed by atoms with Crippen LogP contribution in [-0.2, 0) is 0 Å². The molecule has 4 aromatic carbocycles. The molecule has 0 bridgehead atoms. The van der Waals surface area contributed by atoms with Crippen molar-refractivity contribution in [2.75, 3.05) is 14.2 Å². The second-order valence-corrected chi connectivity index (χ2v) is 8.48. The Kier molecular flexibility index (Phi) is 7.36. The first-order valence-electron chi connectivity index (χ1n) is 12.1. The zero-order valence-electron chi connectivity index (χ0n) is 21.3. The number of fused-ring (bicyclic) bond motifs is 1. The third-order valence-corrected chi connectivity index (χ3v) is 6.10. The number of nitrogens with zero attached hydrogens (tertiary/aromatic N) is 1. The molecule has 0 radical (unpaired) electrons. The van der Waals surface area contributed by atoms with Crippen molar-refractivity contribution in [2.24, 2.45) is 5.10 Å². The van der Waals surface area contributed by atoms with E-state index in [1.807, 2.05) is 48.5 Å². The number of hydrogen-bond acceptors (Lipinski definition) is 6. The summed E-state index contributed by atoms with van der Waals surface area (Å²) in [5.74, 6) is 0.488. The van der Waals surface area contributed by atoms with E-state index in [9.17, 15) is 9.59 Å². The number of methoxy groups -OCH3 is 2. The SMILES string of the molecule is COc1cccc(C(=O)Oc2ccccc2C=NNC(=O)c2[nH]c3c(OC)cccc3c2-c2ccccc2)c1. The molecule has 2 N–H and O–H groups in total. The topological polar surface area (TPSA) is 102 Å². The van der Waals surface area contributed by atoms with Gasteiger partial charge in [0.1, 0.15) is 22.9 Å². The Morgan fingerprint density at radius 1 is 0.821 bits per heavy atom. The number of para-hydroxylation sites is 2. The van der Waals surface area contributed by atoms with Gasteiger partial charge in [-0.05, 0) is 42.0 Å². The lowest BCUT2D eigenvalue weighted by molar-refractivity contribution is 0.0733. The normalized spacial score (nSPS) is 10.9. The molecule has 0 aliphatic rings. The molecule has 0 aliphatic heterocycles. The molecule has 0 aliphatic carbocycles. The Balaban J connectivity index is 1.40. The first-order valence-corrected chi connectivity index (χ1v) is 12.1. The molecule has 0 unspecified atom stereocenters. The average molecular weight is 520 g/mol. The van der Waals surface area contributed by atoms with Crippen molar-refractivity contribution in [3.05, 3.63) is 114 Å². The zero-order chi connectivity index (χ0) is 27.2. The Labute approximate surface area is 224 Å². The maximum atomic E-state index is 13.3. The highest BCUT2D eigenvalue weighted by molar-refractivity contribution is 6.11. The second kappa shape index (κ2) is 11.4. The highest BCUT2D eigenvalue weighted by atomic mass is 16.5. The van der Waals surface area contributed by atoms with E-state index in [1.54, 1.807) is 55.6 Å². The van der Waals surface area contributed by atoms with E-state index in [-0.39, 0.29) is 0 Å². The second-order valence-electron chi connectivity index (χ2n) is 8.48. The molecule has 5 rings (SSSR count). The molecule has 1 heterocycles. The van der Waals surface area contributed by atoms with Crippen molar-refractivity contribution in [2.45, 2.75) is 0 Å². The third-order valence-electron chi connectivity index (χ3n) is 6.10. The Morgan fingerprint density at radius 3 is 2.36 bits per heavy atom. The Bertz CT molecular complexity index is 1670. The average Bonchev–Trinajstić information content (AvgIpc) is 3.38. The van der Waals surface area contributed by atoms with Crippen LogP contribution in [-0.4, -0.2) is 37.3 Å². The maximum absolute atomic E-state index is 13.3. The van der Waals surface area contributed by atoms with Gasteiger partial charge in [0.25, 0.3) is 5.91 Å². The van der Waals surface area contributed by atoms with Gasteiger partial charge < -0.3 is 19.2 Å². The number of rotatable bonds is 8. The minimum atomic E-state index is -0.543. The Hall–Kier alpha value is -5.37. The molecular formula is C31H25N3O5. The van der Waals surface area contributed by atoms with Gasteiger partial charge in [0.15, 0.2) is 0 Å².